The quantitative estimate of drug-likeness (QED) is 0.175. The molecule has 0 radical (unpaired) electrons. The Balaban J connectivity index is 1.98. The van der Waals surface area contributed by atoms with Crippen LogP contribution in [0.5, 0.6) is 0 Å². The van der Waals surface area contributed by atoms with Gasteiger partial charge < -0.3 is 24.4 Å². The van der Waals surface area contributed by atoms with E-state index in [9.17, 15) is 37.0 Å². The number of aromatic nitrogens is 1. The maximum atomic E-state index is 14.6. The standard InChI is InChI=1S/C36H38F2N2O7S/c1-22(2)40-31(19-16-28(41)20-29(42)21-32(43)47-4)33(23-6-10-25(37)11-7-23)34(24-8-12-26(38)13-9-24)35(40)36(44)39(3)27-14-17-30(18-15-27)48(5,45)46/h6-19,22,28-29,41-42H,20-21H2,1-5H3/t28-,29+/m0/s1. The molecule has 254 valence electrons. The number of ether oxygens (including phenoxy) is 1. The average molecular weight is 681 g/mol. The number of amides is 1. The molecule has 48 heavy (non-hydrogen) atoms. The van der Waals surface area contributed by atoms with Crippen LogP contribution in [0.2, 0.25) is 0 Å². The van der Waals surface area contributed by atoms with Crippen LogP contribution in [0.25, 0.3) is 28.3 Å². The van der Waals surface area contributed by atoms with Crippen molar-refractivity contribution in [3.8, 4) is 22.3 Å². The van der Waals surface area contributed by atoms with Crippen LogP contribution in [0.3, 0.4) is 0 Å². The van der Waals surface area contributed by atoms with Crippen LogP contribution < -0.4 is 4.90 Å². The molecule has 0 saturated carbocycles. The molecule has 0 aliphatic carbocycles. The van der Waals surface area contributed by atoms with Crippen molar-refractivity contribution >= 4 is 33.5 Å². The Morgan fingerprint density at radius 2 is 1.42 bits per heavy atom. The smallest absolute Gasteiger partial charge is 0.308 e. The van der Waals surface area contributed by atoms with Crippen molar-refractivity contribution < 1.29 is 41.7 Å². The minimum Gasteiger partial charge on any atom is -0.469 e. The Labute approximate surface area is 278 Å². The van der Waals surface area contributed by atoms with Gasteiger partial charge in [-0.05, 0) is 79.6 Å². The Hall–Kier alpha value is -4.65. The first-order valence-corrected chi connectivity index (χ1v) is 17.0. The Morgan fingerprint density at radius 3 is 1.90 bits per heavy atom. The third-order valence-corrected chi connectivity index (χ3v) is 8.93. The number of aliphatic hydroxyl groups excluding tert-OH is 2. The van der Waals surface area contributed by atoms with Crippen molar-refractivity contribution in [2.75, 3.05) is 25.3 Å². The SMILES string of the molecule is COC(=O)C[C@H](O)C[C@@H](O)C=Cc1c(-c2ccc(F)cc2)c(-c2ccc(F)cc2)c(C(=O)N(C)c2ccc(S(C)(=O)=O)cc2)n1C(C)C. The first-order valence-electron chi connectivity index (χ1n) is 15.1. The number of carbonyl (C=O) groups excluding carboxylic acids is 2. The first kappa shape index (κ1) is 36.2. The molecular weight excluding hydrogens is 642 g/mol. The number of hydrogen-bond donors (Lipinski definition) is 2. The number of methoxy groups -OCH3 is 1. The van der Waals surface area contributed by atoms with Crippen LogP contribution in [-0.4, -0.2) is 67.7 Å². The second-order valence-electron chi connectivity index (χ2n) is 11.7. The zero-order valence-electron chi connectivity index (χ0n) is 27.2. The first-order chi connectivity index (χ1) is 22.6. The molecule has 2 atom stereocenters. The van der Waals surface area contributed by atoms with Gasteiger partial charge in [-0.1, -0.05) is 30.3 Å². The number of halogens is 2. The molecule has 1 amide bonds. The number of aliphatic hydroxyl groups is 2. The summed E-state index contributed by atoms with van der Waals surface area (Å²) in [4.78, 5) is 27.6. The molecule has 3 aromatic carbocycles. The highest BCUT2D eigenvalue weighted by Gasteiger charge is 2.31. The van der Waals surface area contributed by atoms with Crippen molar-refractivity contribution in [3.05, 3.63) is 102 Å². The average Bonchev–Trinajstić information content (AvgIpc) is 3.38. The summed E-state index contributed by atoms with van der Waals surface area (Å²) in [6, 6.07) is 16.8. The van der Waals surface area contributed by atoms with Gasteiger partial charge in [-0.25, -0.2) is 17.2 Å². The van der Waals surface area contributed by atoms with Crippen molar-refractivity contribution in [2.24, 2.45) is 0 Å². The molecule has 2 N–H and O–H groups in total. The molecule has 0 aliphatic rings. The maximum Gasteiger partial charge on any atom is 0.308 e. The number of nitrogens with zero attached hydrogens (tertiary/aromatic N) is 2. The molecule has 1 heterocycles. The van der Waals surface area contributed by atoms with E-state index in [1.54, 1.807) is 29.8 Å². The lowest BCUT2D eigenvalue weighted by Crippen LogP contribution is -2.29. The monoisotopic (exact) mass is 680 g/mol. The van der Waals surface area contributed by atoms with Crippen LogP contribution in [0, 0.1) is 11.6 Å². The van der Waals surface area contributed by atoms with Crippen LogP contribution in [0.4, 0.5) is 14.5 Å². The van der Waals surface area contributed by atoms with Gasteiger partial charge in [0.25, 0.3) is 5.91 Å². The number of carbonyl (C=O) groups is 2. The summed E-state index contributed by atoms with van der Waals surface area (Å²) in [6.07, 6.45) is 1.24. The second kappa shape index (κ2) is 15.1. The highest BCUT2D eigenvalue weighted by Crippen LogP contribution is 2.43. The summed E-state index contributed by atoms with van der Waals surface area (Å²) in [5.74, 6) is -2.08. The molecule has 0 saturated heterocycles. The van der Waals surface area contributed by atoms with E-state index in [0.717, 1.165) is 6.26 Å². The minimum absolute atomic E-state index is 0.0888. The van der Waals surface area contributed by atoms with E-state index in [1.165, 1.54) is 78.7 Å². The molecule has 1 aromatic heterocycles. The van der Waals surface area contributed by atoms with Crippen LogP contribution in [0.15, 0.2) is 83.8 Å². The van der Waals surface area contributed by atoms with Crippen molar-refractivity contribution in [1.82, 2.24) is 4.57 Å². The van der Waals surface area contributed by atoms with Crippen LogP contribution >= 0.6 is 0 Å². The molecule has 0 unspecified atom stereocenters. The van der Waals surface area contributed by atoms with Gasteiger partial charge in [0.1, 0.15) is 17.3 Å². The second-order valence-corrected chi connectivity index (χ2v) is 13.7. The molecule has 9 nitrogen and oxygen atoms in total. The van der Waals surface area contributed by atoms with Gasteiger partial charge in [-0.2, -0.15) is 0 Å². The van der Waals surface area contributed by atoms with E-state index in [-0.39, 0.29) is 29.5 Å². The summed E-state index contributed by atoms with van der Waals surface area (Å²) in [7, 11) is -0.736. The molecular formula is C36H38F2N2O7S. The van der Waals surface area contributed by atoms with E-state index in [0.29, 0.717) is 33.6 Å². The van der Waals surface area contributed by atoms with Crippen molar-refractivity contribution in [1.29, 1.82) is 0 Å². The van der Waals surface area contributed by atoms with Gasteiger partial charge in [-0.3, -0.25) is 9.59 Å². The van der Waals surface area contributed by atoms with Gasteiger partial charge in [0.05, 0.1) is 30.6 Å². The Bertz CT molecular complexity index is 1900. The highest BCUT2D eigenvalue weighted by atomic mass is 32.2. The highest BCUT2D eigenvalue weighted by molar-refractivity contribution is 7.90. The fourth-order valence-electron chi connectivity index (χ4n) is 5.44. The predicted octanol–water partition coefficient (Wildman–Crippen LogP) is 6.05. The fraction of sp³-hybridized carbons (Fsp3) is 0.278. The molecule has 0 spiro atoms. The summed E-state index contributed by atoms with van der Waals surface area (Å²) in [5, 5.41) is 21.1. The van der Waals surface area contributed by atoms with Gasteiger partial charge in [0.2, 0.25) is 0 Å². The van der Waals surface area contributed by atoms with E-state index in [4.69, 9.17) is 0 Å². The summed E-state index contributed by atoms with van der Waals surface area (Å²) in [5.41, 5.74) is 3.00. The van der Waals surface area contributed by atoms with Gasteiger partial charge in [0, 0.05) is 48.3 Å². The number of esters is 1. The van der Waals surface area contributed by atoms with Gasteiger partial charge in [-0.15, -0.1) is 0 Å². The number of hydrogen-bond acceptors (Lipinski definition) is 7. The van der Waals surface area contributed by atoms with E-state index in [1.807, 2.05) is 13.8 Å². The van der Waals surface area contributed by atoms with Crippen LogP contribution in [0.1, 0.15) is 48.9 Å². The summed E-state index contributed by atoms with van der Waals surface area (Å²) < 4.78 is 58.8. The number of benzene rings is 3. The summed E-state index contributed by atoms with van der Waals surface area (Å²) >= 11 is 0. The molecule has 0 bridgehead atoms. The van der Waals surface area contributed by atoms with Gasteiger partial charge in [0.15, 0.2) is 9.84 Å². The summed E-state index contributed by atoms with van der Waals surface area (Å²) in [6.45, 7) is 3.71. The Morgan fingerprint density at radius 1 is 0.896 bits per heavy atom. The lowest BCUT2D eigenvalue weighted by molar-refractivity contribution is -0.143. The van der Waals surface area contributed by atoms with Crippen molar-refractivity contribution in [2.45, 2.75) is 49.8 Å². The Kier molecular flexibility index (Phi) is 11.4. The zero-order valence-corrected chi connectivity index (χ0v) is 28.0. The van der Waals surface area contributed by atoms with E-state index < -0.39 is 45.6 Å². The predicted molar refractivity (Wildman–Crippen MR) is 180 cm³/mol. The van der Waals surface area contributed by atoms with Gasteiger partial charge >= 0.3 is 5.97 Å². The largest absolute Gasteiger partial charge is 0.469 e. The minimum atomic E-state index is -3.48. The van der Waals surface area contributed by atoms with E-state index in [2.05, 4.69) is 4.74 Å². The third-order valence-electron chi connectivity index (χ3n) is 7.80. The maximum absolute atomic E-state index is 14.6. The fourth-order valence-corrected chi connectivity index (χ4v) is 6.07. The molecule has 4 rings (SSSR count). The third kappa shape index (κ3) is 8.25. The van der Waals surface area contributed by atoms with Crippen molar-refractivity contribution in [3.63, 3.8) is 0 Å². The number of anilines is 1. The zero-order chi connectivity index (χ0) is 35.3. The topological polar surface area (TPSA) is 126 Å². The lowest BCUT2D eigenvalue weighted by Gasteiger charge is -2.22. The molecule has 0 aliphatic heterocycles. The van der Waals surface area contributed by atoms with E-state index >= 15 is 0 Å². The number of rotatable bonds is 12. The molecule has 4 aromatic rings. The molecule has 12 heteroatoms. The van der Waals surface area contributed by atoms with Crippen LogP contribution in [-0.2, 0) is 19.4 Å². The number of sulfone groups is 1. The molecule has 0 fully saturated rings. The lowest BCUT2D eigenvalue weighted by atomic mass is 9.94. The normalized spacial score (nSPS) is 13.1.